The molecule has 0 saturated carbocycles. The predicted octanol–water partition coefficient (Wildman–Crippen LogP) is 0.674. The highest BCUT2D eigenvalue weighted by atomic mass is 32.2. The van der Waals surface area contributed by atoms with Gasteiger partial charge in [-0.3, -0.25) is 4.79 Å². The van der Waals surface area contributed by atoms with Gasteiger partial charge in [-0.1, -0.05) is 13.3 Å². The van der Waals surface area contributed by atoms with Crippen LogP contribution in [0.5, 0.6) is 0 Å². The first-order chi connectivity index (χ1) is 5.95. The van der Waals surface area contributed by atoms with E-state index in [9.17, 15) is 13.2 Å². The third-order valence-corrected chi connectivity index (χ3v) is 5.00. The fourth-order valence-corrected chi connectivity index (χ4v) is 3.87. The zero-order valence-corrected chi connectivity index (χ0v) is 8.38. The average Bonchev–Trinajstić information content (AvgIpc) is 2.02. The van der Waals surface area contributed by atoms with Crippen LogP contribution in [0.2, 0.25) is 0 Å². The average molecular weight is 206 g/mol. The standard InChI is InChI=1S/C8H14O4S/c1-6(8(9)10)7-4-2-3-5-13(7,11)12/h6-7H,2-5H2,1H3,(H,9,10). The van der Waals surface area contributed by atoms with Gasteiger partial charge >= 0.3 is 5.97 Å². The molecule has 0 aromatic rings. The molecule has 1 aliphatic heterocycles. The van der Waals surface area contributed by atoms with Gasteiger partial charge in [0.05, 0.1) is 16.9 Å². The molecule has 2 unspecified atom stereocenters. The molecule has 1 N–H and O–H groups in total. The summed E-state index contributed by atoms with van der Waals surface area (Å²) in [4.78, 5) is 10.6. The second-order valence-electron chi connectivity index (χ2n) is 3.53. The highest BCUT2D eigenvalue weighted by Gasteiger charge is 2.36. The smallest absolute Gasteiger partial charge is 0.307 e. The quantitative estimate of drug-likeness (QED) is 0.721. The van der Waals surface area contributed by atoms with E-state index >= 15 is 0 Å². The Morgan fingerprint density at radius 1 is 1.46 bits per heavy atom. The van der Waals surface area contributed by atoms with E-state index in [4.69, 9.17) is 5.11 Å². The normalized spacial score (nSPS) is 29.5. The van der Waals surface area contributed by atoms with E-state index in [-0.39, 0.29) is 5.75 Å². The third kappa shape index (κ3) is 2.21. The summed E-state index contributed by atoms with van der Waals surface area (Å²) in [6.45, 7) is 1.47. The van der Waals surface area contributed by atoms with Gasteiger partial charge in [0, 0.05) is 0 Å². The van der Waals surface area contributed by atoms with Gasteiger partial charge in [0.25, 0.3) is 0 Å². The molecule has 4 nitrogen and oxygen atoms in total. The van der Waals surface area contributed by atoms with Crippen LogP contribution in [0.1, 0.15) is 26.2 Å². The minimum Gasteiger partial charge on any atom is -0.481 e. The highest BCUT2D eigenvalue weighted by molar-refractivity contribution is 7.92. The molecule has 0 aromatic heterocycles. The van der Waals surface area contributed by atoms with E-state index < -0.39 is 27.0 Å². The monoisotopic (exact) mass is 206 g/mol. The Hall–Kier alpha value is -0.580. The van der Waals surface area contributed by atoms with Crippen molar-refractivity contribution in [1.82, 2.24) is 0 Å². The summed E-state index contributed by atoms with van der Waals surface area (Å²) >= 11 is 0. The summed E-state index contributed by atoms with van der Waals surface area (Å²) in [6, 6.07) is 0. The molecule has 1 rings (SSSR count). The van der Waals surface area contributed by atoms with E-state index in [0.717, 1.165) is 6.42 Å². The molecule has 13 heavy (non-hydrogen) atoms. The lowest BCUT2D eigenvalue weighted by molar-refractivity contribution is -0.141. The van der Waals surface area contributed by atoms with Crippen molar-refractivity contribution in [3.8, 4) is 0 Å². The molecule has 0 bridgehead atoms. The van der Waals surface area contributed by atoms with E-state index in [0.29, 0.717) is 12.8 Å². The van der Waals surface area contributed by atoms with E-state index in [1.54, 1.807) is 0 Å². The Kier molecular flexibility index (Phi) is 2.95. The molecule has 5 heteroatoms. The van der Waals surface area contributed by atoms with Crippen molar-refractivity contribution in [1.29, 1.82) is 0 Å². The van der Waals surface area contributed by atoms with Crippen LogP contribution in [0.15, 0.2) is 0 Å². The van der Waals surface area contributed by atoms with Crippen molar-refractivity contribution in [2.45, 2.75) is 31.4 Å². The Balaban J connectivity index is 2.83. The van der Waals surface area contributed by atoms with Crippen LogP contribution in [0.3, 0.4) is 0 Å². The minimum atomic E-state index is -3.15. The number of carboxylic acid groups (broad SMARTS) is 1. The topological polar surface area (TPSA) is 71.4 Å². The molecule has 76 valence electrons. The number of rotatable bonds is 2. The number of aliphatic carboxylic acids is 1. The Morgan fingerprint density at radius 3 is 2.54 bits per heavy atom. The molecule has 1 fully saturated rings. The molecule has 0 aromatic carbocycles. The van der Waals surface area contributed by atoms with Crippen LogP contribution < -0.4 is 0 Å². The molecule has 0 radical (unpaired) electrons. The fourth-order valence-electron chi connectivity index (χ4n) is 1.70. The molecule has 2 atom stereocenters. The second-order valence-corrected chi connectivity index (χ2v) is 5.87. The van der Waals surface area contributed by atoms with Crippen LogP contribution in [-0.2, 0) is 14.6 Å². The van der Waals surface area contributed by atoms with Crippen molar-refractivity contribution in [3.05, 3.63) is 0 Å². The molecule has 1 heterocycles. The molecule has 1 aliphatic rings. The largest absolute Gasteiger partial charge is 0.481 e. The summed E-state index contributed by atoms with van der Waals surface area (Å²) in [5.74, 6) is -1.64. The van der Waals surface area contributed by atoms with Crippen LogP contribution in [0, 0.1) is 5.92 Å². The predicted molar refractivity (Wildman–Crippen MR) is 48.2 cm³/mol. The summed E-state index contributed by atoms with van der Waals surface area (Å²) < 4.78 is 22.9. The first-order valence-electron chi connectivity index (χ1n) is 4.39. The molecular formula is C8H14O4S. The summed E-state index contributed by atoms with van der Waals surface area (Å²) in [5, 5.41) is 8.03. The van der Waals surface area contributed by atoms with Crippen LogP contribution in [0.4, 0.5) is 0 Å². The van der Waals surface area contributed by atoms with Gasteiger partial charge in [0.1, 0.15) is 0 Å². The van der Waals surface area contributed by atoms with Crippen molar-refractivity contribution < 1.29 is 18.3 Å². The van der Waals surface area contributed by atoms with Crippen molar-refractivity contribution in [3.63, 3.8) is 0 Å². The van der Waals surface area contributed by atoms with Gasteiger partial charge in [0.15, 0.2) is 9.84 Å². The first-order valence-corrected chi connectivity index (χ1v) is 6.11. The number of carboxylic acids is 1. The Labute approximate surface area is 77.9 Å². The van der Waals surface area contributed by atoms with Gasteiger partial charge in [-0.05, 0) is 12.8 Å². The van der Waals surface area contributed by atoms with Crippen LogP contribution in [0.25, 0.3) is 0 Å². The van der Waals surface area contributed by atoms with Crippen molar-refractivity contribution in [2.75, 3.05) is 5.75 Å². The lowest BCUT2D eigenvalue weighted by Gasteiger charge is -2.24. The van der Waals surface area contributed by atoms with Crippen LogP contribution in [-0.4, -0.2) is 30.5 Å². The number of hydrogen-bond donors (Lipinski definition) is 1. The summed E-state index contributed by atoms with van der Waals surface area (Å²) in [5.41, 5.74) is 0. The number of hydrogen-bond acceptors (Lipinski definition) is 3. The van der Waals surface area contributed by atoms with Gasteiger partial charge in [0.2, 0.25) is 0 Å². The maximum Gasteiger partial charge on any atom is 0.307 e. The fraction of sp³-hybridized carbons (Fsp3) is 0.875. The second kappa shape index (κ2) is 3.65. The number of carbonyl (C=O) groups is 1. The zero-order chi connectivity index (χ0) is 10.1. The SMILES string of the molecule is CC(C(=O)O)C1CCCCS1(=O)=O. The maximum atomic E-state index is 11.5. The zero-order valence-electron chi connectivity index (χ0n) is 7.56. The van der Waals surface area contributed by atoms with Gasteiger partial charge in [-0.25, -0.2) is 8.42 Å². The lowest BCUT2D eigenvalue weighted by atomic mass is 10.0. The first kappa shape index (κ1) is 10.5. The minimum absolute atomic E-state index is 0.148. The van der Waals surface area contributed by atoms with E-state index in [1.807, 2.05) is 0 Å². The van der Waals surface area contributed by atoms with Crippen molar-refractivity contribution in [2.24, 2.45) is 5.92 Å². The molecule has 0 aliphatic carbocycles. The Bertz CT molecular complexity index is 293. The van der Waals surface area contributed by atoms with Gasteiger partial charge in [-0.2, -0.15) is 0 Å². The molecule has 0 spiro atoms. The van der Waals surface area contributed by atoms with Crippen LogP contribution >= 0.6 is 0 Å². The highest BCUT2D eigenvalue weighted by Crippen LogP contribution is 2.25. The molecule has 1 saturated heterocycles. The van der Waals surface area contributed by atoms with E-state index in [2.05, 4.69) is 0 Å². The Morgan fingerprint density at radius 2 is 2.08 bits per heavy atom. The maximum absolute atomic E-state index is 11.5. The van der Waals surface area contributed by atoms with Crippen molar-refractivity contribution >= 4 is 15.8 Å². The van der Waals surface area contributed by atoms with Gasteiger partial charge < -0.3 is 5.11 Å². The third-order valence-electron chi connectivity index (χ3n) is 2.58. The van der Waals surface area contributed by atoms with Gasteiger partial charge in [-0.15, -0.1) is 0 Å². The summed E-state index contributed by atoms with van der Waals surface area (Å²) in [7, 11) is -3.15. The molecular weight excluding hydrogens is 192 g/mol. The number of sulfone groups is 1. The summed E-state index contributed by atoms with van der Waals surface area (Å²) in [6.07, 6.45) is 1.99. The molecule has 0 amide bonds. The lowest BCUT2D eigenvalue weighted by Crippen LogP contribution is -2.37. The van der Waals surface area contributed by atoms with E-state index in [1.165, 1.54) is 6.92 Å².